The van der Waals surface area contributed by atoms with Gasteiger partial charge in [0.15, 0.2) is 0 Å². The van der Waals surface area contributed by atoms with Gasteiger partial charge in [-0.15, -0.1) is 24.8 Å². The van der Waals surface area contributed by atoms with E-state index in [0.717, 1.165) is 31.7 Å². The Morgan fingerprint density at radius 1 is 1.09 bits per heavy atom. The van der Waals surface area contributed by atoms with Gasteiger partial charge < -0.3 is 5.32 Å². The molecule has 2 nitrogen and oxygen atoms in total. The second-order valence-electron chi connectivity index (χ2n) is 6.58. The molecule has 1 saturated heterocycles. The molecule has 1 aromatic rings. The van der Waals surface area contributed by atoms with Crippen molar-refractivity contribution in [2.24, 2.45) is 5.92 Å². The fourth-order valence-electron chi connectivity index (χ4n) is 4.10. The van der Waals surface area contributed by atoms with E-state index in [4.69, 9.17) is 0 Å². The lowest BCUT2D eigenvalue weighted by atomic mass is 9.79. The number of halogens is 3. The lowest BCUT2D eigenvalue weighted by Gasteiger charge is -2.41. The Labute approximate surface area is 152 Å². The van der Waals surface area contributed by atoms with Gasteiger partial charge in [-0.3, -0.25) is 4.90 Å². The molecule has 0 radical (unpaired) electrons. The monoisotopic (exact) mass is 362 g/mol. The number of nitrogens with zero attached hydrogens (tertiary/aromatic N) is 1. The van der Waals surface area contributed by atoms with Gasteiger partial charge in [0, 0.05) is 32.2 Å². The molecule has 1 heterocycles. The normalized spacial score (nSPS) is 21.1. The molecular formula is C18H29Cl2FN2. The number of hydrogen-bond donors (Lipinski definition) is 1. The molecule has 2 aliphatic rings. The maximum absolute atomic E-state index is 14.0. The van der Waals surface area contributed by atoms with Crippen LogP contribution in [0.4, 0.5) is 4.39 Å². The number of rotatable bonds is 3. The van der Waals surface area contributed by atoms with Gasteiger partial charge in [0.1, 0.15) is 5.82 Å². The molecule has 1 saturated carbocycles. The molecule has 1 N–H and O–H groups in total. The first kappa shape index (κ1) is 20.7. The van der Waals surface area contributed by atoms with Gasteiger partial charge in [-0.25, -0.2) is 4.39 Å². The van der Waals surface area contributed by atoms with E-state index in [0.29, 0.717) is 12.0 Å². The first-order valence-corrected chi connectivity index (χ1v) is 8.47. The van der Waals surface area contributed by atoms with Crippen molar-refractivity contribution in [3.8, 4) is 0 Å². The first-order valence-electron chi connectivity index (χ1n) is 8.47. The van der Waals surface area contributed by atoms with Crippen molar-refractivity contribution < 1.29 is 4.39 Å². The molecule has 5 heteroatoms. The molecule has 23 heavy (non-hydrogen) atoms. The number of benzene rings is 1. The van der Waals surface area contributed by atoms with Gasteiger partial charge in [-0.05, 0) is 42.9 Å². The zero-order valence-electron chi connectivity index (χ0n) is 13.9. The minimum absolute atomic E-state index is 0. The number of hydrogen-bond acceptors (Lipinski definition) is 2. The van der Waals surface area contributed by atoms with Crippen LogP contribution in [0, 0.1) is 18.7 Å². The molecule has 132 valence electrons. The predicted molar refractivity (Wildman–Crippen MR) is 99.4 cm³/mol. The standard InChI is InChI=1S/C18H27FN2.2ClH/c1-14-16(8-5-9-17(14)19)18(15-6-3-2-4-7-15)21-12-10-20-11-13-21;;/h5,8-9,15,18,20H,2-4,6-7,10-13H2,1H3;2*1H/t18-;;/m0../s1. The highest BCUT2D eigenvalue weighted by molar-refractivity contribution is 5.85. The molecule has 3 rings (SSSR count). The highest BCUT2D eigenvalue weighted by Crippen LogP contribution is 2.39. The van der Waals surface area contributed by atoms with Crippen LogP contribution in [0.2, 0.25) is 0 Å². The summed E-state index contributed by atoms with van der Waals surface area (Å²) in [6.45, 7) is 6.21. The lowest BCUT2D eigenvalue weighted by Crippen LogP contribution is -2.47. The van der Waals surface area contributed by atoms with Crippen LogP contribution in [0.15, 0.2) is 18.2 Å². The average molecular weight is 363 g/mol. The van der Waals surface area contributed by atoms with E-state index in [1.807, 2.05) is 13.0 Å². The SMILES string of the molecule is Cc1c(F)cccc1[C@H](C1CCCCC1)N1CCNCC1.Cl.Cl. The quantitative estimate of drug-likeness (QED) is 0.850. The molecule has 1 atom stereocenters. The topological polar surface area (TPSA) is 15.3 Å². The van der Waals surface area contributed by atoms with Crippen molar-refractivity contribution in [2.75, 3.05) is 26.2 Å². The first-order chi connectivity index (χ1) is 10.3. The Hall–Kier alpha value is -0.350. The van der Waals surface area contributed by atoms with Gasteiger partial charge in [0.25, 0.3) is 0 Å². The largest absolute Gasteiger partial charge is 0.314 e. The van der Waals surface area contributed by atoms with Crippen LogP contribution >= 0.6 is 24.8 Å². The van der Waals surface area contributed by atoms with Crippen LogP contribution in [0.25, 0.3) is 0 Å². The second-order valence-corrected chi connectivity index (χ2v) is 6.58. The van der Waals surface area contributed by atoms with Crippen molar-refractivity contribution in [1.82, 2.24) is 10.2 Å². The van der Waals surface area contributed by atoms with Crippen molar-refractivity contribution in [1.29, 1.82) is 0 Å². The van der Waals surface area contributed by atoms with E-state index < -0.39 is 0 Å². The zero-order valence-corrected chi connectivity index (χ0v) is 15.5. The zero-order chi connectivity index (χ0) is 14.7. The van der Waals surface area contributed by atoms with Gasteiger partial charge in [0.05, 0.1) is 0 Å². The maximum atomic E-state index is 14.0. The van der Waals surface area contributed by atoms with Crippen LogP contribution in [0.5, 0.6) is 0 Å². The lowest BCUT2D eigenvalue weighted by molar-refractivity contribution is 0.103. The molecule has 2 fully saturated rings. The Balaban J connectivity index is 0.00000132. The number of piperazine rings is 1. The molecule has 1 aliphatic heterocycles. The van der Waals surface area contributed by atoms with E-state index >= 15 is 0 Å². The summed E-state index contributed by atoms with van der Waals surface area (Å²) in [6.07, 6.45) is 6.63. The van der Waals surface area contributed by atoms with Crippen molar-refractivity contribution >= 4 is 24.8 Å². The summed E-state index contributed by atoms with van der Waals surface area (Å²) in [4.78, 5) is 2.59. The third-order valence-electron chi connectivity index (χ3n) is 5.27. The van der Waals surface area contributed by atoms with Crippen LogP contribution in [-0.4, -0.2) is 31.1 Å². The maximum Gasteiger partial charge on any atom is 0.126 e. The molecule has 0 spiro atoms. The summed E-state index contributed by atoms with van der Waals surface area (Å²) >= 11 is 0. The summed E-state index contributed by atoms with van der Waals surface area (Å²) in [5.41, 5.74) is 2.08. The van der Waals surface area contributed by atoms with E-state index in [-0.39, 0.29) is 30.6 Å². The molecular weight excluding hydrogens is 334 g/mol. The Bertz CT molecular complexity index is 454. The molecule has 1 aromatic carbocycles. The molecule has 0 aromatic heterocycles. The second kappa shape index (κ2) is 9.83. The smallest absolute Gasteiger partial charge is 0.126 e. The predicted octanol–water partition coefficient (Wildman–Crippen LogP) is 4.50. The van der Waals surface area contributed by atoms with Gasteiger partial charge >= 0.3 is 0 Å². The van der Waals surface area contributed by atoms with Crippen LogP contribution in [-0.2, 0) is 0 Å². The van der Waals surface area contributed by atoms with Crippen LogP contribution < -0.4 is 5.32 Å². The van der Waals surface area contributed by atoms with E-state index in [1.54, 1.807) is 6.07 Å². The summed E-state index contributed by atoms with van der Waals surface area (Å²) in [6, 6.07) is 6.03. The molecule has 1 aliphatic carbocycles. The van der Waals surface area contributed by atoms with Gasteiger partial charge in [-0.2, -0.15) is 0 Å². The highest BCUT2D eigenvalue weighted by Gasteiger charge is 2.32. The van der Waals surface area contributed by atoms with E-state index in [1.165, 1.54) is 37.7 Å². The number of nitrogens with one attached hydrogen (secondary N) is 1. The van der Waals surface area contributed by atoms with E-state index in [2.05, 4.69) is 16.3 Å². The third-order valence-corrected chi connectivity index (χ3v) is 5.27. The minimum Gasteiger partial charge on any atom is -0.314 e. The van der Waals surface area contributed by atoms with Crippen molar-refractivity contribution in [3.05, 3.63) is 35.1 Å². The average Bonchev–Trinajstić information content (AvgIpc) is 2.54. The molecule has 0 unspecified atom stereocenters. The van der Waals surface area contributed by atoms with Crippen LogP contribution in [0.3, 0.4) is 0 Å². The van der Waals surface area contributed by atoms with Gasteiger partial charge in [-0.1, -0.05) is 31.4 Å². The highest BCUT2D eigenvalue weighted by atomic mass is 35.5. The molecule has 0 amide bonds. The Kier molecular flexibility index (Phi) is 8.84. The summed E-state index contributed by atoms with van der Waals surface area (Å²) in [5.74, 6) is 0.640. The Morgan fingerprint density at radius 2 is 1.74 bits per heavy atom. The van der Waals surface area contributed by atoms with Crippen molar-refractivity contribution in [3.63, 3.8) is 0 Å². The summed E-state index contributed by atoms with van der Waals surface area (Å²) < 4.78 is 14.0. The fraction of sp³-hybridized carbons (Fsp3) is 0.667. The third kappa shape index (κ3) is 4.82. The Morgan fingerprint density at radius 3 is 2.39 bits per heavy atom. The van der Waals surface area contributed by atoms with Gasteiger partial charge in [0.2, 0.25) is 0 Å². The minimum atomic E-state index is -0.0524. The van der Waals surface area contributed by atoms with Crippen LogP contribution in [0.1, 0.15) is 49.3 Å². The van der Waals surface area contributed by atoms with E-state index in [9.17, 15) is 4.39 Å². The summed E-state index contributed by atoms with van der Waals surface area (Å²) in [7, 11) is 0. The van der Waals surface area contributed by atoms with Crippen molar-refractivity contribution in [2.45, 2.75) is 45.1 Å². The summed E-state index contributed by atoms with van der Waals surface area (Å²) in [5, 5.41) is 3.43. The molecule has 0 bridgehead atoms. The fourth-order valence-corrected chi connectivity index (χ4v) is 4.10.